The fourth-order valence-corrected chi connectivity index (χ4v) is 10.3. The average molecular weight is 641 g/mol. The van der Waals surface area contributed by atoms with Crippen LogP contribution < -0.4 is 22.4 Å². The summed E-state index contributed by atoms with van der Waals surface area (Å²) in [5, 5.41) is 11.9. The molecule has 0 bridgehead atoms. The number of aliphatic imine (C=N–C) groups is 1. The number of carbonyl (C=O) groups excluding carboxylic acids is 2. The maximum absolute atomic E-state index is 12.8. The number of ether oxygens (including phenoxy) is 2. The van der Waals surface area contributed by atoms with Crippen LogP contribution in [0.3, 0.4) is 0 Å². The molecule has 12 nitrogen and oxygen atoms in total. The predicted octanol–water partition coefficient (Wildman–Crippen LogP) is 3.21. The zero-order valence-corrected chi connectivity index (χ0v) is 26.9. The van der Waals surface area contributed by atoms with E-state index in [1.807, 2.05) is 6.07 Å². The van der Waals surface area contributed by atoms with Crippen LogP contribution in [0, 0.1) is 28.6 Å². The number of rotatable bonds is 11. The largest absolute Gasteiger partial charge is 0.480 e. The summed E-state index contributed by atoms with van der Waals surface area (Å²) >= 11 is 0. The Morgan fingerprint density at radius 3 is 2.61 bits per heavy atom. The number of hydrogen-bond acceptors (Lipinski definition) is 8. The first-order chi connectivity index (χ1) is 21.9. The topological polar surface area (TPSA) is 200 Å². The number of carboxylic acid groups (broad SMARTS) is 1. The highest BCUT2D eigenvalue weighted by atomic mass is 16.6. The van der Waals surface area contributed by atoms with Gasteiger partial charge in [-0.15, -0.1) is 0 Å². The standard InChI is InChI=1S/C34H48N4O8/c1-32-13-11-21(45-29(41)10-8-27(39)38-25(30(42)43)4-3-15-37-31(35)36)16-20(32)6-7-23-22(32)12-14-33(2)24(17-26-34(23,33)46-26)19-5-9-28(40)44-18-19/h5,9,18,20-26H,3-4,6-8,10-17H2,1-2H3,(H,38,39)(H,42,43)(H4,35,36,37)/t20-,21-,22+,23+,24-,25+,26+,32-,33+,34+/m1/s1. The van der Waals surface area contributed by atoms with Crippen LogP contribution in [0.2, 0.25) is 0 Å². The van der Waals surface area contributed by atoms with E-state index in [9.17, 15) is 24.3 Å². The number of carbonyl (C=O) groups is 3. The molecule has 5 aliphatic rings. The van der Waals surface area contributed by atoms with Gasteiger partial charge in [0.25, 0.3) is 0 Å². The van der Waals surface area contributed by atoms with Crippen molar-refractivity contribution in [2.75, 3.05) is 6.54 Å². The fraction of sp³-hybridized carbons (Fsp3) is 0.735. The molecule has 1 aromatic rings. The molecular formula is C34H48N4O8. The fourth-order valence-electron chi connectivity index (χ4n) is 10.3. The first-order valence-electron chi connectivity index (χ1n) is 16.9. The molecule has 5 fully saturated rings. The molecular weight excluding hydrogens is 592 g/mol. The normalized spacial score (nSPS) is 37.8. The summed E-state index contributed by atoms with van der Waals surface area (Å²) in [6, 6.07) is 2.39. The second-order valence-corrected chi connectivity index (χ2v) is 14.8. The van der Waals surface area contributed by atoms with Crippen LogP contribution >= 0.6 is 0 Å². The Morgan fingerprint density at radius 1 is 1.09 bits per heavy atom. The number of nitrogens with two attached hydrogens (primary N) is 2. The molecule has 10 atom stereocenters. The van der Waals surface area contributed by atoms with Gasteiger partial charge >= 0.3 is 17.6 Å². The van der Waals surface area contributed by atoms with E-state index in [0.29, 0.717) is 30.1 Å². The Morgan fingerprint density at radius 2 is 1.89 bits per heavy atom. The molecule has 4 saturated carbocycles. The molecule has 1 aromatic heterocycles. The van der Waals surface area contributed by atoms with E-state index in [4.69, 9.17) is 25.4 Å². The van der Waals surface area contributed by atoms with Crippen LogP contribution in [0.15, 0.2) is 32.6 Å². The molecule has 2 heterocycles. The van der Waals surface area contributed by atoms with Crippen molar-refractivity contribution in [2.45, 2.75) is 121 Å². The SMILES string of the molecule is C[C@@]12CC[C@@H](OC(=O)CCC(=O)N[C@@H](CCCN=C(N)N)C(=O)O)C[C@H]1CC[C@H]1[C@@H]2CC[C@@]2(C)[C@@H](c3ccc(=O)oc3)C[C@@H]3O[C@]312. The van der Waals surface area contributed by atoms with Crippen LogP contribution in [-0.4, -0.2) is 59.3 Å². The Bertz CT molecular complexity index is 1420. The number of nitrogens with one attached hydrogen (secondary N) is 1. The van der Waals surface area contributed by atoms with Gasteiger partial charge in [0.15, 0.2) is 5.96 Å². The van der Waals surface area contributed by atoms with Crippen LogP contribution in [0.5, 0.6) is 0 Å². The maximum atomic E-state index is 12.8. The molecule has 6 rings (SSSR count). The molecule has 1 spiro atoms. The number of epoxide rings is 1. The van der Waals surface area contributed by atoms with E-state index in [1.165, 1.54) is 6.07 Å². The minimum atomic E-state index is -1.15. The highest BCUT2D eigenvalue weighted by Gasteiger charge is 2.80. The van der Waals surface area contributed by atoms with E-state index in [-0.39, 0.29) is 66.0 Å². The minimum Gasteiger partial charge on any atom is -0.480 e. The average Bonchev–Trinajstić information content (AvgIpc) is 3.67. The highest BCUT2D eigenvalue weighted by molar-refractivity contribution is 5.85. The molecule has 252 valence electrons. The number of guanidine groups is 1. The maximum Gasteiger partial charge on any atom is 0.335 e. The third-order valence-electron chi connectivity index (χ3n) is 12.6. The van der Waals surface area contributed by atoms with Crippen molar-refractivity contribution in [3.63, 3.8) is 0 Å². The van der Waals surface area contributed by atoms with Gasteiger partial charge in [0.1, 0.15) is 17.7 Å². The van der Waals surface area contributed by atoms with Gasteiger partial charge in [-0.3, -0.25) is 14.6 Å². The summed E-state index contributed by atoms with van der Waals surface area (Å²) < 4.78 is 17.8. The van der Waals surface area contributed by atoms with Crippen molar-refractivity contribution < 1.29 is 33.4 Å². The number of hydrogen-bond donors (Lipinski definition) is 4. The van der Waals surface area contributed by atoms with Crippen LogP contribution in [-0.2, 0) is 23.9 Å². The minimum absolute atomic E-state index is 0.0129. The Kier molecular flexibility index (Phi) is 8.71. The Hall–Kier alpha value is -3.41. The molecule has 6 N–H and O–H groups in total. The molecule has 1 aliphatic heterocycles. The summed E-state index contributed by atoms with van der Waals surface area (Å²) in [4.78, 5) is 52.2. The van der Waals surface area contributed by atoms with E-state index in [1.54, 1.807) is 6.26 Å². The zero-order chi connectivity index (χ0) is 32.9. The van der Waals surface area contributed by atoms with Crippen LogP contribution in [0.25, 0.3) is 0 Å². The smallest absolute Gasteiger partial charge is 0.335 e. The molecule has 0 radical (unpaired) electrons. The predicted molar refractivity (Wildman–Crippen MR) is 168 cm³/mol. The van der Waals surface area contributed by atoms with E-state index in [2.05, 4.69) is 24.2 Å². The van der Waals surface area contributed by atoms with Gasteiger partial charge in [0.05, 0.1) is 18.8 Å². The lowest BCUT2D eigenvalue weighted by Gasteiger charge is -2.61. The molecule has 0 unspecified atom stereocenters. The quantitative estimate of drug-likeness (QED) is 0.0915. The summed E-state index contributed by atoms with van der Waals surface area (Å²) in [7, 11) is 0. The highest BCUT2D eigenvalue weighted by Crippen LogP contribution is 2.78. The molecule has 4 aliphatic carbocycles. The summed E-state index contributed by atoms with van der Waals surface area (Å²) in [6.45, 7) is 5.11. The lowest BCUT2D eigenvalue weighted by Crippen LogP contribution is -2.58. The van der Waals surface area contributed by atoms with E-state index >= 15 is 0 Å². The monoisotopic (exact) mass is 640 g/mol. The van der Waals surface area contributed by atoms with Crippen molar-refractivity contribution in [3.05, 3.63) is 34.4 Å². The summed E-state index contributed by atoms with van der Waals surface area (Å²) in [5.74, 6) is -0.315. The zero-order valence-electron chi connectivity index (χ0n) is 26.9. The molecule has 12 heteroatoms. The third-order valence-corrected chi connectivity index (χ3v) is 12.6. The summed E-state index contributed by atoms with van der Waals surface area (Å²) in [6.07, 6.45) is 10.1. The summed E-state index contributed by atoms with van der Waals surface area (Å²) in [5.41, 5.74) is 11.4. The Labute approximate surface area is 269 Å². The van der Waals surface area contributed by atoms with Gasteiger partial charge < -0.3 is 35.8 Å². The molecule has 1 amide bonds. The van der Waals surface area contributed by atoms with Gasteiger partial charge in [-0.05, 0) is 105 Å². The number of amides is 1. The lowest BCUT2D eigenvalue weighted by molar-refractivity contribution is -0.165. The van der Waals surface area contributed by atoms with Gasteiger partial charge in [-0.2, -0.15) is 0 Å². The first-order valence-corrected chi connectivity index (χ1v) is 16.9. The van der Waals surface area contributed by atoms with Crippen molar-refractivity contribution in [1.82, 2.24) is 5.32 Å². The van der Waals surface area contributed by atoms with E-state index < -0.39 is 23.9 Å². The number of nitrogens with zero attached hydrogens (tertiary/aromatic N) is 1. The molecule has 1 saturated heterocycles. The van der Waals surface area contributed by atoms with Crippen LogP contribution in [0.1, 0.15) is 102 Å². The Balaban J connectivity index is 1.01. The van der Waals surface area contributed by atoms with Crippen LogP contribution in [0.4, 0.5) is 0 Å². The number of carboxylic acids is 1. The lowest BCUT2D eigenvalue weighted by atomic mass is 9.44. The van der Waals surface area contributed by atoms with Gasteiger partial charge in [0, 0.05) is 24.4 Å². The first kappa shape index (κ1) is 32.5. The second-order valence-electron chi connectivity index (χ2n) is 14.8. The number of esters is 1. The van der Waals surface area contributed by atoms with Crippen molar-refractivity contribution >= 4 is 23.8 Å². The van der Waals surface area contributed by atoms with Gasteiger partial charge in [0.2, 0.25) is 5.91 Å². The third kappa shape index (κ3) is 5.71. The number of fused-ring (bicyclic) bond motifs is 3. The van der Waals surface area contributed by atoms with E-state index in [0.717, 1.165) is 56.9 Å². The van der Waals surface area contributed by atoms with Crippen molar-refractivity contribution in [2.24, 2.45) is 45.0 Å². The second kappa shape index (κ2) is 12.3. The van der Waals surface area contributed by atoms with Gasteiger partial charge in [-0.1, -0.05) is 13.8 Å². The van der Waals surface area contributed by atoms with Crippen molar-refractivity contribution in [3.8, 4) is 0 Å². The van der Waals surface area contributed by atoms with Crippen molar-refractivity contribution in [1.29, 1.82) is 0 Å². The number of aliphatic carboxylic acids is 1. The molecule has 0 aromatic carbocycles. The molecule has 46 heavy (non-hydrogen) atoms. The van der Waals surface area contributed by atoms with Gasteiger partial charge in [-0.25, -0.2) is 9.59 Å².